The van der Waals surface area contributed by atoms with Crippen molar-refractivity contribution in [2.24, 2.45) is 0 Å². The van der Waals surface area contributed by atoms with Gasteiger partial charge in [-0.25, -0.2) is 0 Å². The molecule has 2 rings (SSSR count). The number of hydrogen-bond acceptors (Lipinski definition) is 1. The predicted molar refractivity (Wildman–Crippen MR) is 55.8 cm³/mol. The van der Waals surface area contributed by atoms with Gasteiger partial charge in [-0.1, -0.05) is 11.6 Å². The van der Waals surface area contributed by atoms with E-state index >= 15 is 0 Å². The number of benzene rings is 1. The Morgan fingerprint density at radius 1 is 1.42 bits per heavy atom. The van der Waals surface area contributed by atoms with E-state index in [4.69, 9.17) is 11.6 Å². The predicted octanol–water partition coefficient (Wildman–Crippen LogP) is 3.68. The fourth-order valence-electron chi connectivity index (χ4n) is 1.05. The molecule has 0 bridgehead atoms. The molecule has 0 spiro atoms. The van der Waals surface area contributed by atoms with E-state index in [0.717, 1.165) is 15.2 Å². The lowest BCUT2D eigenvalue weighted by molar-refractivity contribution is 1.16. The standard InChI is InChI=1S/C9H9BrClN/c10-8-4-3-7(5-9(8)11)12-6-1-2-6/h3-6,12H,1-2H2. The van der Waals surface area contributed by atoms with E-state index in [1.54, 1.807) is 0 Å². The maximum absolute atomic E-state index is 5.93. The molecule has 1 aromatic carbocycles. The summed E-state index contributed by atoms with van der Waals surface area (Å²) in [5.41, 5.74) is 1.12. The van der Waals surface area contributed by atoms with E-state index in [9.17, 15) is 0 Å². The van der Waals surface area contributed by atoms with E-state index in [1.165, 1.54) is 12.8 Å². The van der Waals surface area contributed by atoms with Gasteiger partial charge in [0.15, 0.2) is 0 Å². The zero-order chi connectivity index (χ0) is 8.55. The first-order valence-electron chi connectivity index (χ1n) is 3.97. The Hall–Kier alpha value is -0.210. The molecule has 0 aromatic heterocycles. The van der Waals surface area contributed by atoms with Gasteiger partial charge in [-0.2, -0.15) is 0 Å². The molecule has 0 radical (unpaired) electrons. The highest BCUT2D eigenvalue weighted by molar-refractivity contribution is 9.10. The molecule has 12 heavy (non-hydrogen) atoms. The topological polar surface area (TPSA) is 12.0 Å². The molecule has 1 aliphatic rings. The van der Waals surface area contributed by atoms with Gasteiger partial charge in [0.2, 0.25) is 0 Å². The summed E-state index contributed by atoms with van der Waals surface area (Å²) in [6.07, 6.45) is 2.57. The lowest BCUT2D eigenvalue weighted by Crippen LogP contribution is -1.99. The first-order valence-corrected chi connectivity index (χ1v) is 5.14. The van der Waals surface area contributed by atoms with Gasteiger partial charge in [0, 0.05) is 16.2 Å². The maximum atomic E-state index is 5.93. The minimum Gasteiger partial charge on any atom is -0.382 e. The second-order valence-corrected chi connectivity index (χ2v) is 4.31. The van der Waals surface area contributed by atoms with Crippen LogP contribution in [-0.4, -0.2) is 6.04 Å². The van der Waals surface area contributed by atoms with Crippen molar-refractivity contribution in [3.8, 4) is 0 Å². The average molecular weight is 247 g/mol. The van der Waals surface area contributed by atoms with Crippen LogP contribution in [-0.2, 0) is 0 Å². The maximum Gasteiger partial charge on any atom is 0.0568 e. The summed E-state index contributed by atoms with van der Waals surface area (Å²) in [6, 6.07) is 6.63. The van der Waals surface area contributed by atoms with Gasteiger partial charge < -0.3 is 5.32 Å². The van der Waals surface area contributed by atoms with Crippen LogP contribution in [0.15, 0.2) is 22.7 Å². The minimum absolute atomic E-state index is 0.683. The molecule has 1 aliphatic carbocycles. The molecule has 1 fully saturated rings. The molecule has 3 heteroatoms. The molecule has 64 valence electrons. The van der Waals surface area contributed by atoms with Crippen LogP contribution in [0.1, 0.15) is 12.8 Å². The number of nitrogens with one attached hydrogen (secondary N) is 1. The molecule has 0 amide bonds. The Balaban J connectivity index is 2.15. The molecule has 0 atom stereocenters. The summed E-state index contributed by atoms with van der Waals surface area (Å²) in [5, 5.41) is 4.14. The van der Waals surface area contributed by atoms with E-state index in [1.807, 2.05) is 18.2 Å². The summed E-state index contributed by atoms with van der Waals surface area (Å²) < 4.78 is 0.950. The van der Waals surface area contributed by atoms with Crippen molar-refractivity contribution in [1.82, 2.24) is 0 Å². The summed E-state index contributed by atoms with van der Waals surface area (Å²) >= 11 is 9.28. The molecular weight excluding hydrogens is 237 g/mol. The highest BCUT2D eigenvalue weighted by Crippen LogP contribution is 2.29. The number of hydrogen-bond donors (Lipinski definition) is 1. The van der Waals surface area contributed by atoms with Crippen molar-refractivity contribution in [2.75, 3.05) is 5.32 Å². The van der Waals surface area contributed by atoms with Gasteiger partial charge in [-0.3, -0.25) is 0 Å². The molecule has 1 N–H and O–H groups in total. The van der Waals surface area contributed by atoms with E-state index in [2.05, 4.69) is 21.2 Å². The molecular formula is C9H9BrClN. The largest absolute Gasteiger partial charge is 0.382 e. The molecule has 1 nitrogen and oxygen atoms in total. The molecule has 1 saturated carbocycles. The van der Waals surface area contributed by atoms with Crippen molar-refractivity contribution in [3.05, 3.63) is 27.7 Å². The van der Waals surface area contributed by atoms with Crippen LogP contribution in [0.5, 0.6) is 0 Å². The first kappa shape index (κ1) is 8.39. The quantitative estimate of drug-likeness (QED) is 0.839. The number of halogens is 2. The van der Waals surface area contributed by atoms with Gasteiger partial charge in [0.25, 0.3) is 0 Å². The number of rotatable bonds is 2. The van der Waals surface area contributed by atoms with Crippen molar-refractivity contribution in [3.63, 3.8) is 0 Å². The van der Waals surface area contributed by atoms with Crippen LogP contribution in [0.3, 0.4) is 0 Å². The summed E-state index contributed by atoms with van der Waals surface area (Å²) in [4.78, 5) is 0. The lowest BCUT2D eigenvalue weighted by Gasteiger charge is -2.04. The third-order valence-corrected chi connectivity index (χ3v) is 3.10. The molecule has 0 saturated heterocycles. The Bertz CT molecular complexity index is 297. The van der Waals surface area contributed by atoms with Crippen LogP contribution in [0, 0.1) is 0 Å². The third kappa shape index (κ3) is 1.93. The van der Waals surface area contributed by atoms with Crippen molar-refractivity contribution < 1.29 is 0 Å². The zero-order valence-electron chi connectivity index (χ0n) is 6.48. The monoisotopic (exact) mass is 245 g/mol. The van der Waals surface area contributed by atoms with Crippen molar-refractivity contribution in [1.29, 1.82) is 0 Å². The van der Waals surface area contributed by atoms with E-state index < -0.39 is 0 Å². The van der Waals surface area contributed by atoms with E-state index in [0.29, 0.717) is 6.04 Å². The van der Waals surface area contributed by atoms with Gasteiger partial charge in [0.1, 0.15) is 0 Å². The summed E-state index contributed by atoms with van der Waals surface area (Å²) in [5.74, 6) is 0. The Kier molecular flexibility index (Phi) is 2.28. The fourth-order valence-corrected chi connectivity index (χ4v) is 1.48. The highest BCUT2D eigenvalue weighted by Gasteiger charge is 2.20. The summed E-state index contributed by atoms with van der Waals surface area (Å²) in [7, 11) is 0. The van der Waals surface area contributed by atoms with E-state index in [-0.39, 0.29) is 0 Å². The molecule has 0 aliphatic heterocycles. The smallest absolute Gasteiger partial charge is 0.0568 e. The lowest BCUT2D eigenvalue weighted by atomic mass is 10.3. The normalized spacial score (nSPS) is 16.2. The van der Waals surface area contributed by atoms with Gasteiger partial charge >= 0.3 is 0 Å². The Labute approximate surface area is 85.2 Å². The number of anilines is 1. The second kappa shape index (κ2) is 3.27. The van der Waals surface area contributed by atoms with Gasteiger partial charge in [-0.15, -0.1) is 0 Å². The minimum atomic E-state index is 0.683. The second-order valence-electron chi connectivity index (χ2n) is 3.05. The molecule has 0 heterocycles. The average Bonchev–Trinajstić information content (AvgIpc) is 2.81. The Morgan fingerprint density at radius 2 is 2.17 bits per heavy atom. The van der Waals surface area contributed by atoms with Crippen molar-refractivity contribution in [2.45, 2.75) is 18.9 Å². The SMILES string of the molecule is Clc1cc(NC2CC2)ccc1Br. The van der Waals surface area contributed by atoms with Crippen LogP contribution < -0.4 is 5.32 Å². The zero-order valence-corrected chi connectivity index (χ0v) is 8.82. The van der Waals surface area contributed by atoms with Gasteiger partial charge in [-0.05, 0) is 47.0 Å². The Morgan fingerprint density at radius 3 is 2.75 bits per heavy atom. The first-order chi connectivity index (χ1) is 5.75. The molecule has 0 unspecified atom stereocenters. The highest BCUT2D eigenvalue weighted by atomic mass is 79.9. The van der Waals surface area contributed by atoms with Crippen molar-refractivity contribution >= 4 is 33.2 Å². The van der Waals surface area contributed by atoms with Crippen LogP contribution in [0.25, 0.3) is 0 Å². The van der Waals surface area contributed by atoms with Crippen LogP contribution >= 0.6 is 27.5 Å². The summed E-state index contributed by atoms with van der Waals surface area (Å²) in [6.45, 7) is 0. The van der Waals surface area contributed by atoms with Crippen LogP contribution in [0.4, 0.5) is 5.69 Å². The fraction of sp³-hybridized carbons (Fsp3) is 0.333. The third-order valence-electron chi connectivity index (χ3n) is 1.87. The van der Waals surface area contributed by atoms with Crippen LogP contribution in [0.2, 0.25) is 5.02 Å². The molecule has 1 aromatic rings. The van der Waals surface area contributed by atoms with Gasteiger partial charge in [0.05, 0.1) is 5.02 Å².